The minimum atomic E-state index is -0.995. The molecule has 1 fully saturated rings. The second-order valence-electron chi connectivity index (χ2n) is 6.95. The van der Waals surface area contributed by atoms with Gasteiger partial charge in [0.1, 0.15) is 6.54 Å². The molecule has 2 amide bonds. The summed E-state index contributed by atoms with van der Waals surface area (Å²) < 4.78 is 0. The van der Waals surface area contributed by atoms with Gasteiger partial charge in [0.05, 0.1) is 0 Å². The van der Waals surface area contributed by atoms with Crippen molar-refractivity contribution < 1.29 is 14.7 Å². The zero-order chi connectivity index (χ0) is 16.0. The largest absolute Gasteiger partial charge is 0.480 e. The molecule has 1 atom stereocenters. The average molecular weight is 299 g/mol. The quantitative estimate of drug-likeness (QED) is 0.781. The SMILES string of the molecule is CC(CNC(=O)N(CC(=O)O)C(C)(C)C)CN1CCCC1. The van der Waals surface area contributed by atoms with Crippen LogP contribution in [-0.2, 0) is 4.79 Å². The van der Waals surface area contributed by atoms with Crippen LogP contribution in [0, 0.1) is 5.92 Å². The number of hydrogen-bond acceptors (Lipinski definition) is 3. The van der Waals surface area contributed by atoms with Crippen LogP contribution in [0.25, 0.3) is 0 Å². The van der Waals surface area contributed by atoms with Gasteiger partial charge in [0, 0.05) is 18.6 Å². The van der Waals surface area contributed by atoms with Crippen LogP contribution in [0.15, 0.2) is 0 Å². The van der Waals surface area contributed by atoms with Gasteiger partial charge in [-0.15, -0.1) is 0 Å². The van der Waals surface area contributed by atoms with Crippen molar-refractivity contribution in [3.63, 3.8) is 0 Å². The first-order valence-corrected chi connectivity index (χ1v) is 7.69. The number of urea groups is 1. The third-order valence-corrected chi connectivity index (χ3v) is 3.72. The molecule has 122 valence electrons. The van der Waals surface area contributed by atoms with E-state index in [1.165, 1.54) is 17.7 Å². The van der Waals surface area contributed by atoms with Crippen molar-refractivity contribution in [3.8, 4) is 0 Å². The summed E-state index contributed by atoms with van der Waals surface area (Å²) in [6.07, 6.45) is 2.52. The lowest BCUT2D eigenvalue weighted by atomic mass is 10.1. The molecule has 0 aromatic carbocycles. The molecule has 0 aliphatic carbocycles. The Morgan fingerprint density at radius 2 is 1.86 bits per heavy atom. The Hall–Kier alpha value is -1.30. The standard InChI is InChI=1S/C15H29N3O3/c1-12(10-17-7-5-6-8-17)9-16-14(21)18(11-13(19)20)15(2,3)4/h12H,5-11H2,1-4H3,(H,16,21)(H,19,20). The van der Waals surface area contributed by atoms with Gasteiger partial charge >= 0.3 is 12.0 Å². The van der Waals surface area contributed by atoms with Gasteiger partial charge in [-0.25, -0.2) is 4.79 Å². The van der Waals surface area contributed by atoms with Gasteiger partial charge in [0.25, 0.3) is 0 Å². The number of amides is 2. The van der Waals surface area contributed by atoms with E-state index < -0.39 is 11.5 Å². The van der Waals surface area contributed by atoms with Crippen molar-refractivity contribution in [3.05, 3.63) is 0 Å². The fraction of sp³-hybridized carbons (Fsp3) is 0.867. The highest BCUT2D eigenvalue weighted by Crippen LogP contribution is 2.13. The van der Waals surface area contributed by atoms with Gasteiger partial charge in [-0.3, -0.25) is 4.79 Å². The summed E-state index contributed by atoms with van der Waals surface area (Å²) >= 11 is 0. The van der Waals surface area contributed by atoms with E-state index in [1.807, 2.05) is 20.8 Å². The zero-order valence-corrected chi connectivity index (χ0v) is 13.7. The molecule has 0 saturated carbocycles. The van der Waals surface area contributed by atoms with E-state index in [0.29, 0.717) is 12.5 Å². The van der Waals surface area contributed by atoms with E-state index in [-0.39, 0.29) is 12.6 Å². The van der Waals surface area contributed by atoms with E-state index >= 15 is 0 Å². The molecule has 21 heavy (non-hydrogen) atoms. The third-order valence-electron chi connectivity index (χ3n) is 3.72. The molecule has 1 rings (SSSR count). The summed E-state index contributed by atoms with van der Waals surface area (Å²) in [6, 6.07) is -0.307. The molecular formula is C15H29N3O3. The van der Waals surface area contributed by atoms with Gasteiger partial charge in [-0.1, -0.05) is 6.92 Å². The average Bonchev–Trinajstić information content (AvgIpc) is 2.84. The van der Waals surface area contributed by atoms with E-state index in [9.17, 15) is 9.59 Å². The first-order valence-electron chi connectivity index (χ1n) is 7.69. The van der Waals surface area contributed by atoms with Crippen molar-refractivity contribution in [1.82, 2.24) is 15.1 Å². The zero-order valence-electron chi connectivity index (χ0n) is 13.7. The Bertz CT molecular complexity index is 360. The highest BCUT2D eigenvalue weighted by Gasteiger charge is 2.28. The lowest BCUT2D eigenvalue weighted by Crippen LogP contribution is -2.53. The number of carboxylic acids is 1. The topological polar surface area (TPSA) is 72.9 Å². The van der Waals surface area contributed by atoms with Crippen molar-refractivity contribution >= 4 is 12.0 Å². The van der Waals surface area contributed by atoms with Gasteiger partial charge in [0.15, 0.2) is 0 Å². The Labute approximate surface area is 127 Å². The molecule has 0 aromatic heterocycles. The second-order valence-corrected chi connectivity index (χ2v) is 6.95. The minimum absolute atomic E-state index is 0.282. The lowest BCUT2D eigenvalue weighted by molar-refractivity contribution is -0.138. The summed E-state index contributed by atoms with van der Waals surface area (Å²) in [5.41, 5.74) is -0.513. The number of rotatable bonds is 6. The van der Waals surface area contributed by atoms with Crippen molar-refractivity contribution in [2.75, 3.05) is 32.7 Å². The fourth-order valence-electron chi connectivity index (χ4n) is 2.58. The number of carbonyl (C=O) groups is 2. The molecule has 1 heterocycles. The molecule has 1 unspecified atom stereocenters. The molecule has 6 heteroatoms. The Morgan fingerprint density at radius 3 is 2.33 bits per heavy atom. The summed E-state index contributed by atoms with van der Waals surface area (Å²) in [5, 5.41) is 11.8. The maximum atomic E-state index is 12.2. The summed E-state index contributed by atoms with van der Waals surface area (Å²) in [7, 11) is 0. The maximum Gasteiger partial charge on any atom is 0.323 e. The van der Waals surface area contributed by atoms with Crippen LogP contribution in [-0.4, -0.2) is 65.2 Å². The van der Waals surface area contributed by atoms with Crippen LogP contribution >= 0.6 is 0 Å². The van der Waals surface area contributed by atoms with Crippen LogP contribution in [0.3, 0.4) is 0 Å². The Morgan fingerprint density at radius 1 is 1.29 bits per heavy atom. The molecule has 0 aromatic rings. The van der Waals surface area contributed by atoms with Gasteiger partial charge in [-0.05, 0) is 52.6 Å². The van der Waals surface area contributed by atoms with Crippen LogP contribution in [0.4, 0.5) is 4.79 Å². The van der Waals surface area contributed by atoms with Crippen LogP contribution in [0.1, 0.15) is 40.5 Å². The van der Waals surface area contributed by atoms with Gasteiger partial charge in [0.2, 0.25) is 0 Å². The highest BCUT2D eigenvalue weighted by molar-refractivity contribution is 5.80. The lowest BCUT2D eigenvalue weighted by Gasteiger charge is -2.34. The van der Waals surface area contributed by atoms with E-state index in [1.54, 1.807) is 0 Å². The summed E-state index contributed by atoms with van der Waals surface area (Å²) in [6.45, 7) is 11.2. The molecule has 1 saturated heterocycles. The van der Waals surface area contributed by atoms with Crippen molar-refractivity contribution in [1.29, 1.82) is 0 Å². The van der Waals surface area contributed by atoms with E-state index in [2.05, 4.69) is 17.1 Å². The molecule has 0 spiro atoms. The molecule has 1 aliphatic heterocycles. The normalized spacial score (nSPS) is 17.5. The third kappa shape index (κ3) is 6.33. The van der Waals surface area contributed by atoms with Crippen LogP contribution in [0.5, 0.6) is 0 Å². The number of aliphatic carboxylic acids is 1. The molecule has 0 bridgehead atoms. The highest BCUT2D eigenvalue weighted by atomic mass is 16.4. The number of carboxylic acid groups (broad SMARTS) is 1. The predicted molar refractivity (Wildman–Crippen MR) is 82.3 cm³/mol. The number of nitrogens with zero attached hydrogens (tertiary/aromatic N) is 2. The smallest absolute Gasteiger partial charge is 0.323 e. The maximum absolute atomic E-state index is 12.2. The predicted octanol–water partition coefficient (Wildman–Crippen LogP) is 1.61. The number of nitrogens with one attached hydrogen (secondary N) is 1. The molecule has 1 aliphatic rings. The second kappa shape index (κ2) is 7.64. The summed E-state index contributed by atoms with van der Waals surface area (Å²) in [4.78, 5) is 26.9. The number of carbonyl (C=O) groups excluding carboxylic acids is 1. The van der Waals surface area contributed by atoms with Crippen LogP contribution < -0.4 is 5.32 Å². The van der Waals surface area contributed by atoms with E-state index in [0.717, 1.165) is 19.6 Å². The minimum Gasteiger partial charge on any atom is -0.480 e. The van der Waals surface area contributed by atoms with Gasteiger partial charge < -0.3 is 20.2 Å². The molecule has 2 N–H and O–H groups in total. The van der Waals surface area contributed by atoms with Crippen LogP contribution in [0.2, 0.25) is 0 Å². The first-order chi connectivity index (χ1) is 9.70. The Kier molecular flexibility index (Phi) is 6.45. The molecule has 0 radical (unpaired) electrons. The number of hydrogen-bond donors (Lipinski definition) is 2. The molecular weight excluding hydrogens is 270 g/mol. The van der Waals surface area contributed by atoms with Crippen molar-refractivity contribution in [2.24, 2.45) is 5.92 Å². The van der Waals surface area contributed by atoms with Gasteiger partial charge in [-0.2, -0.15) is 0 Å². The van der Waals surface area contributed by atoms with E-state index in [4.69, 9.17) is 5.11 Å². The monoisotopic (exact) mass is 299 g/mol. The first kappa shape index (κ1) is 17.8. The fourth-order valence-corrected chi connectivity index (χ4v) is 2.58. The molecule has 6 nitrogen and oxygen atoms in total. The summed E-state index contributed by atoms with van der Waals surface area (Å²) in [5.74, 6) is -0.635. The van der Waals surface area contributed by atoms with Crippen molar-refractivity contribution in [2.45, 2.75) is 46.1 Å². The Balaban J connectivity index is 2.43. The number of likely N-dealkylation sites (tertiary alicyclic amines) is 1.